The second-order valence-corrected chi connectivity index (χ2v) is 19.2. The van der Waals surface area contributed by atoms with Crippen LogP contribution in [0.3, 0.4) is 0 Å². The molecule has 0 heterocycles. The van der Waals surface area contributed by atoms with E-state index in [2.05, 4.69) is 27.7 Å². The summed E-state index contributed by atoms with van der Waals surface area (Å²) in [6.45, 7) is 9.37. The highest BCUT2D eigenvalue weighted by atomic mass is 16.5. The Hall–Kier alpha value is -1.10. The maximum absolute atomic E-state index is 12.9. The van der Waals surface area contributed by atoms with E-state index in [0.29, 0.717) is 48.3 Å². The first-order valence-electron chi connectivity index (χ1n) is 23.2. The van der Waals surface area contributed by atoms with Crippen LogP contribution in [-0.4, -0.2) is 34.4 Å². The van der Waals surface area contributed by atoms with Crippen LogP contribution in [0, 0.1) is 46.3 Å². The summed E-state index contributed by atoms with van der Waals surface area (Å²) in [7, 11) is 0. The largest absolute Gasteiger partial charge is 0.481 e. The molecular weight excluding hydrogens is 645 g/mol. The van der Waals surface area contributed by atoms with Gasteiger partial charge in [0, 0.05) is 12.8 Å². The molecule has 4 fully saturated rings. The van der Waals surface area contributed by atoms with E-state index in [4.69, 9.17) is 4.74 Å². The number of carboxylic acid groups (broad SMARTS) is 1. The third-order valence-corrected chi connectivity index (χ3v) is 15.8. The first-order chi connectivity index (χ1) is 25.1. The third-order valence-electron chi connectivity index (χ3n) is 15.8. The van der Waals surface area contributed by atoms with Gasteiger partial charge in [0.25, 0.3) is 0 Å². The van der Waals surface area contributed by atoms with Gasteiger partial charge in [0.05, 0.1) is 6.10 Å². The van der Waals surface area contributed by atoms with Crippen molar-refractivity contribution in [2.75, 3.05) is 0 Å². The van der Waals surface area contributed by atoms with Crippen molar-refractivity contribution in [1.82, 2.24) is 0 Å². The quantitative estimate of drug-likeness (QED) is 0.0684. The van der Waals surface area contributed by atoms with Gasteiger partial charge in [-0.1, -0.05) is 150 Å². The molecule has 0 aromatic rings. The molecule has 0 radical (unpaired) electrons. The van der Waals surface area contributed by atoms with Gasteiger partial charge in [-0.2, -0.15) is 0 Å². The highest BCUT2D eigenvalue weighted by Crippen LogP contribution is 2.68. The Morgan fingerprint density at radius 2 is 1.21 bits per heavy atom. The van der Waals surface area contributed by atoms with Gasteiger partial charge in [0.15, 0.2) is 0 Å². The van der Waals surface area contributed by atoms with Crippen molar-refractivity contribution in [2.24, 2.45) is 46.3 Å². The second-order valence-electron chi connectivity index (χ2n) is 19.2. The summed E-state index contributed by atoms with van der Waals surface area (Å²) in [5.41, 5.74) is 0.120. The van der Waals surface area contributed by atoms with Crippen LogP contribution in [0.4, 0.5) is 0 Å². The van der Waals surface area contributed by atoms with Gasteiger partial charge < -0.3 is 14.9 Å². The molecule has 0 aromatic carbocycles. The van der Waals surface area contributed by atoms with Crippen LogP contribution < -0.4 is 0 Å². The molecule has 2 N–H and O–H groups in total. The Bertz CT molecular complexity index is 1030. The van der Waals surface area contributed by atoms with Crippen LogP contribution in [0.15, 0.2) is 0 Å². The van der Waals surface area contributed by atoms with Crippen molar-refractivity contribution < 1.29 is 24.5 Å². The van der Waals surface area contributed by atoms with Crippen LogP contribution >= 0.6 is 0 Å². The summed E-state index contributed by atoms with van der Waals surface area (Å²) in [6, 6.07) is 0. The monoisotopic (exact) mass is 729 g/mol. The van der Waals surface area contributed by atoms with Gasteiger partial charge in [0.1, 0.15) is 6.10 Å². The number of carbonyl (C=O) groups is 2. The number of carboxylic acids is 1. The van der Waals surface area contributed by atoms with E-state index in [-0.39, 0.29) is 35.4 Å². The lowest BCUT2D eigenvalue weighted by Gasteiger charge is -2.62. The van der Waals surface area contributed by atoms with Gasteiger partial charge in [-0.05, 0) is 111 Å². The van der Waals surface area contributed by atoms with Gasteiger partial charge in [-0.15, -0.1) is 0 Å². The molecule has 4 aliphatic rings. The molecule has 302 valence electrons. The van der Waals surface area contributed by atoms with Crippen LogP contribution in [-0.2, 0) is 14.3 Å². The number of unbranched alkanes of at least 4 members (excludes halogenated alkanes) is 19. The van der Waals surface area contributed by atoms with Crippen LogP contribution in [0.2, 0.25) is 0 Å². The molecule has 0 aliphatic heterocycles. The molecule has 52 heavy (non-hydrogen) atoms. The molecule has 0 spiro atoms. The number of fused-ring (bicyclic) bond motifs is 5. The summed E-state index contributed by atoms with van der Waals surface area (Å²) in [5, 5.41) is 21.1. The Morgan fingerprint density at radius 1 is 0.673 bits per heavy atom. The Balaban J connectivity index is 1.02. The lowest BCUT2D eigenvalue weighted by Crippen LogP contribution is -2.59. The summed E-state index contributed by atoms with van der Waals surface area (Å²) >= 11 is 0. The van der Waals surface area contributed by atoms with E-state index in [1.54, 1.807) is 0 Å². The van der Waals surface area contributed by atoms with Crippen LogP contribution in [0.1, 0.15) is 227 Å². The van der Waals surface area contributed by atoms with Gasteiger partial charge in [-0.3, -0.25) is 9.59 Å². The number of aliphatic hydroxyl groups excluding tert-OH is 1. The van der Waals surface area contributed by atoms with E-state index in [9.17, 15) is 19.8 Å². The smallest absolute Gasteiger partial charge is 0.306 e. The molecule has 10 unspecified atom stereocenters. The summed E-state index contributed by atoms with van der Waals surface area (Å²) in [5.74, 6) is 2.36. The Morgan fingerprint density at radius 3 is 1.75 bits per heavy atom. The maximum atomic E-state index is 12.9. The van der Waals surface area contributed by atoms with E-state index in [1.807, 2.05) is 0 Å². The fourth-order valence-corrected chi connectivity index (χ4v) is 12.6. The minimum Gasteiger partial charge on any atom is -0.481 e. The Labute approximate surface area is 321 Å². The predicted octanol–water partition coefficient (Wildman–Crippen LogP) is 13.2. The normalized spacial score (nSPS) is 33.2. The minimum absolute atomic E-state index is 0.0163. The topological polar surface area (TPSA) is 83.8 Å². The van der Waals surface area contributed by atoms with E-state index in [1.165, 1.54) is 135 Å². The molecule has 5 heteroatoms. The van der Waals surface area contributed by atoms with Gasteiger partial charge >= 0.3 is 11.9 Å². The number of rotatable bonds is 26. The first kappa shape index (κ1) is 43.6. The molecule has 0 aromatic heterocycles. The number of aliphatic hydroxyl groups is 1. The van der Waals surface area contributed by atoms with Gasteiger partial charge in [0.2, 0.25) is 0 Å². The lowest BCUT2D eigenvalue weighted by molar-refractivity contribution is -0.181. The number of hydrogen-bond donors (Lipinski definition) is 2. The molecule has 0 saturated heterocycles. The van der Waals surface area contributed by atoms with Crippen LogP contribution in [0.25, 0.3) is 0 Å². The predicted molar refractivity (Wildman–Crippen MR) is 215 cm³/mol. The van der Waals surface area contributed by atoms with Crippen molar-refractivity contribution >= 4 is 11.9 Å². The minimum atomic E-state index is -0.709. The zero-order chi connectivity index (χ0) is 37.4. The molecule has 0 amide bonds. The molecule has 4 saturated carbocycles. The number of esters is 1. The van der Waals surface area contributed by atoms with Crippen molar-refractivity contribution in [2.45, 2.75) is 239 Å². The summed E-state index contributed by atoms with van der Waals surface area (Å²) in [4.78, 5) is 24.1. The molecule has 4 rings (SSSR count). The lowest BCUT2D eigenvalue weighted by atomic mass is 9.43. The first-order valence-corrected chi connectivity index (χ1v) is 23.2. The van der Waals surface area contributed by atoms with Crippen LogP contribution in [0.5, 0.6) is 0 Å². The van der Waals surface area contributed by atoms with E-state index >= 15 is 0 Å². The van der Waals surface area contributed by atoms with Gasteiger partial charge in [-0.25, -0.2) is 0 Å². The third kappa shape index (κ3) is 12.2. The zero-order valence-corrected chi connectivity index (χ0v) is 34.7. The number of hydrogen-bond acceptors (Lipinski definition) is 4. The molecule has 10 atom stereocenters. The van der Waals surface area contributed by atoms with Crippen molar-refractivity contribution in [3.05, 3.63) is 0 Å². The Kier molecular flexibility index (Phi) is 18.8. The number of ether oxygens (including phenoxy) is 1. The SMILES string of the molecule is CCCCCCCCCCCCCCCCCCCCCCC(=O)OC1CCC2(C)C(CCC3C2CC(O)C2(C)C(C(C)CCC(=O)O)CCC32)C1. The number of aliphatic carboxylic acids is 1. The fourth-order valence-electron chi connectivity index (χ4n) is 12.6. The zero-order valence-electron chi connectivity index (χ0n) is 34.7. The summed E-state index contributed by atoms with van der Waals surface area (Å²) in [6.07, 6.45) is 37.3. The number of carbonyl (C=O) groups excluding carboxylic acids is 1. The highest BCUT2D eigenvalue weighted by molar-refractivity contribution is 5.69. The highest BCUT2D eigenvalue weighted by Gasteiger charge is 2.63. The molecule has 5 nitrogen and oxygen atoms in total. The second kappa shape index (κ2) is 22.5. The average molecular weight is 729 g/mol. The average Bonchev–Trinajstić information content (AvgIpc) is 3.49. The van der Waals surface area contributed by atoms with E-state index in [0.717, 1.165) is 44.9 Å². The summed E-state index contributed by atoms with van der Waals surface area (Å²) < 4.78 is 6.12. The molecule has 4 aliphatic carbocycles. The standard InChI is InChI=1S/C47H84O5/c1-5-6-7-8-9-10-11-12-13-14-15-16-17-18-19-20-21-22-23-24-25-45(51)52-38-32-33-46(3)37(34-38)27-28-39-41-30-29-40(36(2)26-31-44(49)50)47(41,4)43(48)35-42(39)46/h36-43,48H,5-35H2,1-4H3,(H,49,50). The van der Waals surface area contributed by atoms with Crippen molar-refractivity contribution in [1.29, 1.82) is 0 Å². The van der Waals surface area contributed by atoms with Crippen molar-refractivity contribution in [3.8, 4) is 0 Å². The fraction of sp³-hybridized carbons (Fsp3) is 0.957. The molecule has 0 bridgehead atoms. The molecular formula is C47H84O5. The van der Waals surface area contributed by atoms with Crippen molar-refractivity contribution in [3.63, 3.8) is 0 Å². The van der Waals surface area contributed by atoms with E-state index < -0.39 is 5.97 Å². The maximum Gasteiger partial charge on any atom is 0.306 e.